The third-order valence-corrected chi connectivity index (χ3v) is 4.19. The van der Waals surface area contributed by atoms with Crippen LogP contribution in [0.5, 0.6) is 0 Å². The van der Waals surface area contributed by atoms with Gasteiger partial charge in [0, 0.05) is 46.1 Å². The summed E-state index contributed by atoms with van der Waals surface area (Å²) in [5, 5.41) is 3.79. The minimum absolute atomic E-state index is 0.0572. The second-order valence-corrected chi connectivity index (χ2v) is 5.51. The van der Waals surface area contributed by atoms with E-state index in [2.05, 4.69) is 15.9 Å². The molecular weight excluding hydrogens is 298 g/mol. The predicted octanol–water partition coefficient (Wildman–Crippen LogP) is 3.81. The van der Waals surface area contributed by atoms with Gasteiger partial charge in [0.15, 0.2) is 5.78 Å². The predicted molar refractivity (Wildman–Crippen MR) is 76.2 cm³/mol. The average molecular weight is 310 g/mol. The number of halogens is 1. The van der Waals surface area contributed by atoms with Crippen molar-refractivity contribution >= 4 is 38.7 Å². The highest BCUT2D eigenvalue weighted by Crippen LogP contribution is 2.25. The van der Waals surface area contributed by atoms with Gasteiger partial charge in [0.2, 0.25) is 0 Å². The summed E-state index contributed by atoms with van der Waals surface area (Å²) < 4.78 is 0.864. The molecule has 1 heterocycles. The first-order valence-electron chi connectivity index (χ1n) is 5.13. The van der Waals surface area contributed by atoms with Crippen LogP contribution in [0, 0.1) is 0 Å². The molecule has 0 atom stereocenters. The minimum Gasteiger partial charge on any atom is -0.378 e. The summed E-state index contributed by atoms with van der Waals surface area (Å²) in [6, 6.07) is 7.65. The zero-order valence-electron chi connectivity index (χ0n) is 9.61. The average Bonchev–Trinajstić information content (AvgIpc) is 2.74. The molecule has 2 nitrogen and oxygen atoms in total. The van der Waals surface area contributed by atoms with Crippen molar-refractivity contribution in [2.45, 2.75) is 0 Å². The van der Waals surface area contributed by atoms with Gasteiger partial charge in [0.1, 0.15) is 0 Å². The van der Waals surface area contributed by atoms with Gasteiger partial charge in [-0.05, 0) is 28.1 Å². The molecule has 0 fully saturated rings. The largest absolute Gasteiger partial charge is 0.378 e. The maximum absolute atomic E-state index is 12.3. The molecule has 88 valence electrons. The van der Waals surface area contributed by atoms with Gasteiger partial charge < -0.3 is 4.90 Å². The fourth-order valence-electron chi connectivity index (χ4n) is 1.52. The summed E-state index contributed by atoms with van der Waals surface area (Å²) in [7, 11) is 3.92. The number of thiophene rings is 1. The lowest BCUT2D eigenvalue weighted by atomic mass is 10.1. The van der Waals surface area contributed by atoms with E-state index in [1.807, 2.05) is 54.0 Å². The van der Waals surface area contributed by atoms with Gasteiger partial charge in [-0.2, -0.15) is 11.3 Å². The molecule has 1 aromatic carbocycles. The molecule has 0 amide bonds. The van der Waals surface area contributed by atoms with E-state index in [1.165, 1.54) is 11.3 Å². The Hall–Kier alpha value is -1.13. The Morgan fingerprint density at radius 3 is 2.65 bits per heavy atom. The van der Waals surface area contributed by atoms with Gasteiger partial charge in [-0.1, -0.05) is 12.1 Å². The van der Waals surface area contributed by atoms with Crippen molar-refractivity contribution in [2.24, 2.45) is 0 Å². The quantitative estimate of drug-likeness (QED) is 0.804. The number of hydrogen-bond donors (Lipinski definition) is 0. The number of benzene rings is 1. The fraction of sp³-hybridized carbons (Fsp3) is 0.154. The van der Waals surface area contributed by atoms with Crippen molar-refractivity contribution < 1.29 is 4.79 Å². The van der Waals surface area contributed by atoms with E-state index >= 15 is 0 Å². The van der Waals surface area contributed by atoms with Gasteiger partial charge in [-0.3, -0.25) is 4.79 Å². The molecule has 17 heavy (non-hydrogen) atoms. The van der Waals surface area contributed by atoms with Gasteiger partial charge in [-0.15, -0.1) is 0 Å². The molecule has 1 aromatic heterocycles. The van der Waals surface area contributed by atoms with Crippen LogP contribution in [0.4, 0.5) is 5.69 Å². The van der Waals surface area contributed by atoms with Gasteiger partial charge in [0.25, 0.3) is 0 Å². The number of ketones is 1. The summed E-state index contributed by atoms with van der Waals surface area (Å²) in [4.78, 5) is 14.2. The molecule has 0 aliphatic carbocycles. The Labute approximate surface area is 113 Å². The monoisotopic (exact) mass is 309 g/mol. The van der Waals surface area contributed by atoms with Crippen LogP contribution in [0.2, 0.25) is 0 Å². The van der Waals surface area contributed by atoms with Crippen LogP contribution in [0.1, 0.15) is 15.9 Å². The van der Waals surface area contributed by atoms with Crippen molar-refractivity contribution in [1.82, 2.24) is 0 Å². The van der Waals surface area contributed by atoms with Crippen LogP contribution < -0.4 is 4.90 Å². The Bertz CT molecular complexity index is 548. The van der Waals surface area contributed by atoms with Crippen LogP contribution in [0.15, 0.2) is 39.5 Å². The molecule has 0 unspecified atom stereocenters. The maximum Gasteiger partial charge on any atom is 0.195 e. The normalized spacial score (nSPS) is 10.3. The van der Waals surface area contributed by atoms with E-state index in [1.54, 1.807) is 0 Å². The van der Waals surface area contributed by atoms with E-state index in [0.717, 1.165) is 21.3 Å². The van der Waals surface area contributed by atoms with Crippen LogP contribution >= 0.6 is 27.3 Å². The molecule has 0 saturated heterocycles. The molecule has 0 N–H and O–H groups in total. The van der Waals surface area contributed by atoms with Gasteiger partial charge >= 0.3 is 0 Å². The maximum atomic E-state index is 12.3. The first-order chi connectivity index (χ1) is 8.09. The van der Waals surface area contributed by atoms with Crippen molar-refractivity contribution in [3.8, 4) is 0 Å². The van der Waals surface area contributed by atoms with Crippen molar-refractivity contribution in [1.29, 1.82) is 0 Å². The minimum atomic E-state index is 0.0572. The molecular formula is C13H12BrNOS. The van der Waals surface area contributed by atoms with E-state index in [-0.39, 0.29) is 5.78 Å². The van der Waals surface area contributed by atoms with Gasteiger partial charge in [-0.25, -0.2) is 0 Å². The third kappa shape index (κ3) is 2.58. The van der Waals surface area contributed by atoms with Crippen LogP contribution in [-0.4, -0.2) is 19.9 Å². The lowest BCUT2D eigenvalue weighted by Crippen LogP contribution is -2.10. The Morgan fingerprint density at radius 2 is 2.06 bits per heavy atom. The molecule has 0 aliphatic heterocycles. The third-order valence-electron chi connectivity index (χ3n) is 2.48. The lowest BCUT2D eigenvalue weighted by Gasteiger charge is -2.13. The van der Waals surface area contributed by atoms with E-state index in [9.17, 15) is 4.79 Å². The Kier molecular flexibility index (Phi) is 3.64. The Balaban J connectivity index is 2.38. The highest BCUT2D eigenvalue weighted by Gasteiger charge is 2.13. The van der Waals surface area contributed by atoms with E-state index in [0.29, 0.717) is 0 Å². The number of hydrogen-bond acceptors (Lipinski definition) is 3. The molecule has 4 heteroatoms. The molecule has 0 bridgehead atoms. The van der Waals surface area contributed by atoms with E-state index in [4.69, 9.17) is 0 Å². The van der Waals surface area contributed by atoms with Crippen molar-refractivity contribution in [3.05, 3.63) is 50.6 Å². The summed E-state index contributed by atoms with van der Waals surface area (Å²) >= 11 is 4.91. The van der Waals surface area contributed by atoms with Crippen molar-refractivity contribution in [2.75, 3.05) is 19.0 Å². The molecule has 0 aliphatic rings. The van der Waals surface area contributed by atoms with Crippen LogP contribution in [0.3, 0.4) is 0 Å². The van der Waals surface area contributed by atoms with Gasteiger partial charge in [0.05, 0.1) is 0 Å². The Morgan fingerprint density at radius 1 is 1.29 bits per heavy atom. The zero-order valence-corrected chi connectivity index (χ0v) is 12.0. The number of nitrogens with zero attached hydrogens (tertiary/aromatic N) is 1. The number of carbonyl (C=O) groups excluding carboxylic acids is 1. The van der Waals surface area contributed by atoms with Crippen LogP contribution in [0.25, 0.3) is 0 Å². The fourth-order valence-corrected chi connectivity index (χ4v) is 2.98. The molecule has 0 radical (unpaired) electrons. The zero-order chi connectivity index (χ0) is 12.4. The standard InChI is InChI=1S/C13H12BrNOS/c1-15(2)10-5-3-4-9(6-10)13(16)11-7-17-8-12(11)14/h3-8H,1-2H3. The van der Waals surface area contributed by atoms with Crippen LogP contribution in [-0.2, 0) is 0 Å². The first-order valence-corrected chi connectivity index (χ1v) is 6.87. The highest BCUT2D eigenvalue weighted by molar-refractivity contribution is 9.10. The molecule has 0 saturated carbocycles. The first kappa shape index (κ1) is 12.3. The summed E-state index contributed by atoms with van der Waals surface area (Å²) in [5.74, 6) is 0.0572. The number of rotatable bonds is 3. The highest BCUT2D eigenvalue weighted by atomic mass is 79.9. The lowest BCUT2D eigenvalue weighted by molar-refractivity contribution is 0.103. The smallest absolute Gasteiger partial charge is 0.195 e. The summed E-state index contributed by atoms with van der Waals surface area (Å²) in [5.41, 5.74) is 2.48. The second kappa shape index (κ2) is 5.02. The number of anilines is 1. The molecule has 2 aromatic rings. The van der Waals surface area contributed by atoms with E-state index < -0.39 is 0 Å². The second-order valence-electron chi connectivity index (χ2n) is 3.91. The van der Waals surface area contributed by atoms with Crippen molar-refractivity contribution in [3.63, 3.8) is 0 Å². The number of carbonyl (C=O) groups is 1. The molecule has 0 spiro atoms. The summed E-state index contributed by atoms with van der Waals surface area (Å²) in [6.45, 7) is 0. The topological polar surface area (TPSA) is 20.3 Å². The molecule has 2 rings (SSSR count). The summed E-state index contributed by atoms with van der Waals surface area (Å²) in [6.07, 6.45) is 0. The SMILES string of the molecule is CN(C)c1cccc(C(=O)c2cscc2Br)c1.